The Labute approximate surface area is 110 Å². The van der Waals surface area contributed by atoms with Crippen LogP contribution in [0.1, 0.15) is 33.6 Å². The van der Waals surface area contributed by atoms with Gasteiger partial charge >= 0.3 is 5.97 Å². The van der Waals surface area contributed by atoms with Gasteiger partial charge in [-0.25, -0.2) is 5.10 Å². The van der Waals surface area contributed by atoms with E-state index in [-0.39, 0.29) is 30.1 Å². The summed E-state index contributed by atoms with van der Waals surface area (Å²) in [6.45, 7) is 5.28. The van der Waals surface area contributed by atoms with E-state index in [0.717, 1.165) is 0 Å². The minimum atomic E-state index is -0.561. The maximum Gasteiger partial charge on any atom is 0.306 e. The summed E-state index contributed by atoms with van der Waals surface area (Å²) < 4.78 is 5.07. The van der Waals surface area contributed by atoms with E-state index in [1.165, 1.54) is 12.1 Å². The molecule has 1 amide bonds. The standard InChI is InChI=1S/C12H17N3O4/c1-12(2,3)19-11(18)7-6-9(16)13-8-4-5-10(17)15-14-8/h4-5H,6-7H2,1-3H3,(H,15,17)(H,13,14,16). The molecule has 2 N–H and O–H groups in total. The van der Waals surface area contributed by atoms with Crippen LogP contribution in [-0.2, 0) is 14.3 Å². The molecule has 7 nitrogen and oxygen atoms in total. The van der Waals surface area contributed by atoms with E-state index < -0.39 is 11.6 Å². The number of carbonyl (C=O) groups is 2. The summed E-state index contributed by atoms with van der Waals surface area (Å²) in [5.41, 5.74) is -0.916. The van der Waals surface area contributed by atoms with Gasteiger partial charge < -0.3 is 10.1 Å². The third kappa shape index (κ3) is 6.35. The van der Waals surface area contributed by atoms with Gasteiger partial charge in [0, 0.05) is 12.5 Å². The predicted molar refractivity (Wildman–Crippen MR) is 68.6 cm³/mol. The van der Waals surface area contributed by atoms with E-state index in [9.17, 15) is 14.4 Å². The minimum absolute atomic E-state index is 0.00425. The summed E-state index contributed by atoms with van der Waals surface area (Å²) in [5, 5.41) is 8.27. The molecule has 0 saturated carbocycles. The lowest BCUT2D eigenvalue weighted by atomic mass is 10.2. The normalized spacial score (nSPS) is 10.9. The first-order chi connectivity index (χ1) is 8.76. The molecule has 0 aliphatic heterocycles. The smallest absolute Gasteiger partial charge is 0.306 e. The third-order valence-electron chi connectivity index (χ3n) is 1.92. The Kier molecular flexibility index (Phi) is 4.80. The molecule has 0 aliphatic rings. The Morgan fingerprint density at radius 2 is 2.00 bits per heavy atom. The number of anilines is 1. The molecule has 104 valence electrons. The topological polar surface area (TPSA) is 101 Å². The van der Waals surface area contributed by atoms with Gasteiger partial charge in [-0.1, -0.05) is 0 Å². The molecule has 0 spiro atoms. The van der Waals surface area contributed by atoms with Gasteiger partial charge in [-0.05, 0) is 26.8 Å². The highest BCUT2D eigenvalue weighted by molar-refractivity contribution is 5.91. The van der Waals surface area contributed by atoms with Crippen LogP contribution in [0.2, 0.25) is 0 Å². The fraction of sp³-hybridized carbons (Fsp3) is 0.500. The number of aromatic amines is 1. The molecule has 19 heavy (non-hydrogen) atoms. The Balaban J connectivity index is 2.38. The quantitative estimate of drug-likeness (QED) is 0.787. The van der Waals surface area contributed by atoms with Crippen LogP contribution in [-0.4, -0.2) is 27.7 Å². The molecule has 0 atom stereocenters. The number of H-pyrrole nitrogens is 1. The highest BCUT2D eigenvalue weighted by Crippen LogP contribution is 2.09. The average Bonchev–Trinajstić information content (AvgIpc) is 2.27. The molecule has 0 fully saturated rings. The molecular formula is C12H17N3O4. The molecule has 1 heterocycles. The van der Waals surface area contributed by atoms with Crippen LogP contribution in [0.4, 0.5) is 5.82 Å². The number of hydrogen-bond acceptors (Lipinski definition) is 5. The van der Waals surface area contributed by atoms with Crippen molar-refractivity contribution in [1.29, 1.82) is 0 Å². The van der Waals surface area contributed by atoms with Crippen molar-refractivity contribution < 1.29 is 14.3 Å². The van der Waals surface area contributed by atoms with Gasteiger partial charge in [0.05, 0.1) is 6.42 Å². The third-order valence-corrected chi connectivity index (χ3v) is 1.92. The average molecular weight is 267 g/mol. The molecule has 0 bridgehead atoms. The van der Waals surface area contributed by atoms with Crippen molar-refractivity contribution in [2.75, 3.05) is 5.32 Å². The second kappa shape index (κ2) is 6.12. The number of nitrogens with one attached hydrogen (secondary N) is 2. The lowest BCUT2D eigenvalue weighted by Crippen LogP contribution is -2.25. The number of ether oxygens (including phenoxy) is 1. The van der Waals surface area contributed by atoms with Crippen molar-refractivity contribution in [1.82, 2.24) is 10.2 Å². The van der Waals surface area contributed by atoms with E-state index in [0.29, 0.717) is 0 Å². The fourth-order valence-corrected chi connectivity index (χ4v) is 1.23. The molecule has 1 rings (SSSR count). The van der Waals surface area contributed by atoms with Crippen molar-refractivity contribution in [3.8, 4) is 0 Å². The Morgan fingerprint density at radius 3 is 2.53 bits per heavy atom. The van der Waals surface area contributed by atoms with E-state index in [2.05, 4.69) is 15.5 Å². The number of hydrogen-bond donors (Lipinski definition) is 2. The van der Waals surface area contributed by atoms with Gasteiger partial charge in [-0.15, -0.1) is 0 Å². The lowest BCUT2D eigenvalue weighted by Gasteiger charge is -2.19. The van der Waals surface area contributed by atoms with Crippen LogP contribution >= 0.6 is 0 Å². The molecule has 1 aromatic rings. The Bertz CT molecular complexity index is 496. The second-order valence-corrected chi connectivity index (χ2v) is 4.94. The SMILES string of the molecule is CC(C)(C)OC(=O)CCC(=O)Nc1ccc(=O)[nH]n1. The first kappa shape index (κ1) is 14.9. The van der Waals surface area contributed by atoms with Gasteiger partial charge in [-0.2, -0.15) is 5.10 Å². The van der Waals surface area contributed by atoms with Crippen LogP contribution in [0.5, 0.6) is 0 Å². The zero-order valence-electron chi connectivity index (χ0n) is 11.1. The second-order valence-electron chi connectivity index (χ2n) is 4.94. The van der Waals surface area contributed by atoms with Gasteiger partial charge in [0.1, 0.15) is 5.60 Å². The van der Waals surface area contributed by atoms with Gasteiger partial charge in [0.15, 0.2) is 5.82 Å². The number of rotatable bonds is 4. The summed E-state index contributed by atoms with van der Waals surface area (Å²) in [4.78, 5) is 33.7. The van der Waals surface area contributed by atoms with Crippen LogP contribution in [0.3, 0.4) is 0 Å². The Morgan fingerprint density at radius 1 is 1.32 bits per heavy atom. The van der Waals surface area contributed by atoms with Crippen molar-refractivity contribution in [2.24, 2.45) is 0 Å². The summed E-state index contributed by atoms with van der Waals surface area (Å²) in [5.74, 6) is -0.573. The number of carbonyl (C=O) groups excluding carboxylic acids is 2. The van der Waals surface area contributed by atoms with Gasteiger partial charge in [0.25, 0.3) is 5.56 Å². The number of amides is 1. The molecule has 0 aromatic carbocycles. The van der Waals surface area contributed by atoms with E-state index in [4.69, 9.17) is 4.74 Å². The number of esters is 1. The summed E-state index contributed by atoms with van der Waals surface area (Å²) in [7, 11) is 0. The molecule has 7 heteroatoms. The predicted octanol–water partition coefficient (Wildman–Crippen LogP) is 0.830. The fourth-order valence-electron chi connectivity index (χ4n) is 1.23. The largest absolute Gasteiger partial charge is 0.460 e. The van der Waals surface area contributed by atoms with Crippen LogP contribution < -0.4 is 10.9 Å². The monoisotopic (exact) mass is 267 g/mol. The molecule has 0 radical (unpaired) electrons. The highest BCUT2D eigenvalue weighted by Gasteiger charge is 2.17. The van der Waals surface area contributed by atoms with Crippen molar-refractivity contribution in [2.45, 2.75) is 39.2 Å². The summed E-state index contributed by atoms with van der Waals surface area (Å²) >= 11 is 0. The summed E-state index contributed by atoms with van der Waals surface area (Å²) in [6, 6.07) is 2.63. The minimum Gasteiger partial charge on any atom is -0.460 e. The van der Waals surface area contributed by atoms with Crippen LogP contribution in [0.25, 0.3) is 0 Å². The van der Waals surface area contributed by atoms with Crippen molar-refractivity contribution in [3.63, 3.8) is 0 Å². The van der Waals surface area contributed by atoms with Gasteiger partial charge in [-0.3, -0.25) is 14.4 Å². The zero-order chi connectivity index (χ0) is 14.5. The molecule has 1 aromatic heterocycles. The van der Waals surface area contributed by atoms with Gasteiger partial charge in [0.2, 0.25) is 5.91 Å². The molecule has 0 aliphatic carbocycles. The molecular weight excluding hydrogens is 250 g/mol. The van der Waals surface area contributed by atoms with Crippen molar-refractivity contribution in [3.05, 3.63) is 22.5 Å². The highest BCUT2D eigenvalue weighted by atomic mass is 16.6. The van der Waals surface area contributed by atoms with Crippen LogP contribution in [0.15, 0.2) is 16.9 Å². The van der Waals surface area contributed by atoms with E-state index in [1.54, 1.807) is 20.8 Å². The van der Waals surface area contributed by atoms with Crippen LogP contribution in [0, 0.1) is 0 Å². The summed E-state index contributed by atoms with van der Waals surface area (Å²) in [6.07, 6.45) is -0.0117. The van der Waals surface area contributed by atoms with E-state index in [1.807, 2.05) is 0 Å². The molecule has 0 saturated heterocycles. The maximum atomic E-state index is 11.5. The Hall–Kier alpha value is -2.18. The number of aromatic nitrogens is 2. The molecule has 0 unspecified atom stereocenters. The number of nitrogens with zero attached hydrogens (tertiary/aromatic N) is 1. The van der Waals surface area contributed by atoms with Crippen molar-refractivity contribution >= 4 is 17.7 Å². The first-order valence-electron chi connectivity index (χ1n) is 5.84. The maximum absolute atomic E-state index is 11.5. The first-order valence-corrected chi connectivity index (χ1v) is 5.84. The zero-order valence-corrected chi connectivity index (χ0v) is 11.1. The lowest BCUT2D eigenvalue weighted by molar-refractivity contribution is -0.155. The van der Waals surface area contributed by atoms with E-state index >= 15 is 0 Å².